The topological polar surface area (TPSA) is 42.3 Å². The molecule has 1 fully saturated rings. The fourth-order valence-corrected chi connectivity index (χ4v) is 5.53. The summed E-state index contributed by atoms with van der Waals surface area (Å²) in [6, 6.07) is 20.2. The second-order valence-electron chi connectivity index (χ2n) is 9.10. The predicted molar refractivity (Wildman–Crippen MR) is 146 cm³/mol. The Kier molecular flexibility index (Phi) is 6.88. The average molecular weight is 537 g/mol. The highest BCUT2D eigenvalue weighted by Gasteiger charge is 2.43. The van der Waals surface area contributed by atoms with Gasteiger partial charge < -0.3 is 19.5 Å². The maximum atomic E-state index is 13.9. The molecule has 1 aliphatic rings. The molecule has 196 valence electrons. The Morgan fingerprint density at radius 2 is 1.71 bits per heavy atom. The van der Waals surface area contributed by atoms with E-state index in [-0.39, 0.29) is 17.8 Å². The lowest BCUT2D eigenvalue weighted by molar-refractivity contribution is -0.137. The lowest BCUT2D eigenvalue weighted by Gasteiger charge is -2.28. The van der Waals surface area contributed by atoms with Gasteiger partial charge >= 0.3 is 6.18 Å². The number of ether oxygens (including phenoxy) is 1. The third-order valence-corrected chi connectivity index (χ3v) is 7.08. The van der Waals surface area contributed by atoms with Gasteiger partial charge in [-0.3, -0.25) is 4.98 Å². The van der Waals surface area contributed by atoms with E-state index < -0.39 is 11.7 Å². The lowest BCUT2D eigenvalue weighted by atomic mass is 9.96. The molecule has 2 aromatic carbocycles. The molecule has 1 saturated heterocycles. The Labute approximate surface area is 224 Å². The van der Waals surface area contributed by atoms with Crippen molar-refractivity contribution >= 4 is 23.0 Å². The van der Waals surface area contributed by atoms with Gasteiger partial charge in [0.15, 0.2) is 5.11 Å². The number of nitrogens with one attached hydrogen (secondary N) is 1. The first kappa shape index (κ1) is 25.8. The van der Waals surface area contributed by atoms with E-state index in [0.717, 1.165) is 28.8 Å². The smallest absolute Gasteiger partial charge is 0.418 e. The quantitative estimate of drug-likeness (QED) is 0.267. The number of aryl methyl sites for hydroxylation is 1. The van der Waals surface area contributed by atoms with Crippen molar-refractivity contribution in [3.05, 3.63) is 107 Å². The summed E-state index contributed by atoms with van der Waals surface area (Å²) in [7, 11) is 0. The fourth-order valence-electron chi connectivity index (χ4n) is 5.18. The second-order valence-corrected chi connectivity index (χ2v) is 9.49. The number of alkyl halides is 3. The number of rotatable bonds is 6. The third-order valence-electron chi connectivity index (χ3n) is 6.76. The van der Waals surface area contributed by atoms with E-state index in [4.69, 9.17) is 17.0 Å². The lowest BCUT2D eigenvalue weighted by Crippen LogP contribution is -2.29. The molecule has 0 spiro atoms. The Balaban J connectivity index is 1.67. The number of benzene rings is 2. The van der Waals surface area contributed by atoms with Gasteiger partial charge in [-0.25, -0.2) is 0 Å². The van der Waals surface area contributed by atoms with Gasteiger partial charge in [-0.2, -0.15) is 13.2 Å². The number of nitrogens with zero attached hydrogens (tertiary/aromatic N) is 3. The number of hydrogen-bond donors (Lipinski definition) is 1. The summed E-state index contributed by atoms with van der Waals surface area (Å²) in [5.74, 6) is 0.745. The van der Waals surface area contributed by atoms with Crippen LogP contribution in [-0.4, -0.2) is 21.3 Å². The first-order chi connectivity index (χ1) is 18.2. The molecule has 0 saturated carbocycles. The molecular weight excluding hydrogens is 509 g/mol. The zero-order valence-electron chi connectivity index (χ0n) is 21.2. The summed E-state index contributed by atoms with van der Waals surface area (Å²) >= 11 is 5.81. The van der Waals surface area contributed by atoms with E-state index in [1.807, 2.05) is 74.2 Å². The van der Waals surface area contributed by atoms with Gasteiger partial charge in [0, 0.05) is 23.3 Å². The number of para-hydroxylation sites is 1. The van der Waals surface area contributed by atoms with Crippen molar-refractivity contribution < 1.29 is 17.9 Å². The molecule has 9 heteroatoms. The zero-order valence-corrected chi connectivity index (χ0v) is 22.0. The van der Waals surface area contributed by atoms with E-state index in [1.54, 1.807) is 16.8 Å². The van der Waals surface area contributed by atoms with E-state index in [9.17, 15) is 13.2 Å². The van der Waals surface area contributed by atoms with Crippen molar-refractivity contribution in [3.8, 4) is 11.4 Å². The first-order valence-corrected chi connectivity index (χ1v) is 12.7. The number of thiocarbonyl (C=S) groups is 1. The number of anilines is 1. The molecule has 38 heavy (non-hydrogen) atoms. The summed E-state index contributed by atoms with van der Waals surface area (Å²) in [6.45, 7) is 6.15. The highest BCUT2D eigenvalue weighted by atomic mass is 32.1. The number of aromatic nitrogens is 2. The largest absolute Gasteiger partial charge is 0.494 e. The molecule has 0 amide bonds. The van der Waals surface area contributed by atoms with Crippen LogP contribution >= 0.6 is 12.2 Å². The Morgan fingerprint density at radius 3 is 2.37 bits per heavy atom. The van der Waals surface area contributed by atoms with Crippen LogP contribution < -0.4 is 15.0 Å². The number of halogens is 3. The van der Waals surface area contributed by atoms with Crippen LogP contribution in [0.1, 0.15) is 47.2 Å². The van der Waals surface area contributed by atoms with Crippen LogP contribution in [0.15, 0.2) is 79.0 Å². The predicted octanol–water partition coefficient (Wildman–Crippen LogP) is 7.08. The molecule has 4 aromatic rings. The minimum Gasteiger partial charge on any atom is -0.494 e. The molecule has 3 heterocycles. The molecule has 1 N–H and O–H groups in total. The highest BCUT2D eigenvalue weighted by Crippen LogP contribution is 2.44. The normalized spacial score (nSPS) is 17.5. The van der Waals surface area contributed by atoms with Gasteiger partial charge in [0.2, 0.25) is 0 Å². The molecule has 1 aliphatic heterocycles. The summed E-state index contributed by atoms with van der Waals surface area (Å²) < 4.78 is 49.1. The molecule has 2 aromatic heterocycles. The maximum absolute atomic E-state index is 13.9. The standard InChI is InChI=1S/C29H27F3N4OS/c1-4-37-21-14-12-20(13-15-21)36-27(26(34-28(36)38)24-10-7-8-16-33-24)22-17-18(2)35(19(22)3)25-11-6-5-9-23(25)29(30,31)32/h5-17,26-27H,4H2,1-3H3,(H,34,38)/t26-,27+/m0/s1. The van der Waals surface area contributed by atoms with E-state index in [2.05, 4.69) is 10.3 Å². The van der Waals surface area contributed by atoms with E-state index >= 15 is 0 Å². The molecule has 0 unspecified atom stereocenters. The summed E-state index contributed by atoms with van der Waals surface area (Å²) in [6.07, 6.45) is -2.76. The molecule has 0 radical (unpaired) electrons. The monoisotopic (exact) mass is 536 g/mol. The van der Waals surface area contributed by atoms with Crippen molar-refractivity contribution in [2.24, 2.45) is 0 Å². The zero-order chi connectivity index (χ0) is 27.0. The maximum Gasteiger partial charge on any atom is 0.418 e. The molecule has 0 aliphatic carbocycles. The SMILES string of the molecule is CCOc1ccc(N2C(=S)N[C@@H](c3ccccn3)[C@H]2c2cc(C)n(-c3ccccc3C(F)(F)F)c2C)cc1. The van der Waals surface area contributed by atoms with Gasteiger partial charge in [-0.1, -0.05) is 18.2 Å². The Morgan fingerprint density at radius 1 is 1.00 bits per heavy atom. The van der Waals surface area contributed by atoms with Crippen LogP contribution in [0.5, 0.6) is 5.75 Å². The number of hydrogen-bond acceptors (Lipinski definition) is 3. The fraction of sp³-hybridized carbons (Fsp3) is 0.241. The van der Waals surface area contributed by atoms with Crippen LogP contribution in [0.4, 0.5) is 18.9 Å². The second kappa shape index (κ2) is 10.1. The van der Waals surface area contributed by atoms with Gasteiger partial charge in [0.1, 0.15) is 5.75 Å². The van der Waals surface area contributed by atoms with Gasteiger partial charge in [0.05, 0.1) is 35.6 Å². The highest BCUT2D eigenvalue weighted by molar-refractivity contribution is 7.80. The molecule has 2 atom stereocenters. The third kappa shape index (κ3) is 4.62. The van der Waals surface area contributed by atoms with Crippen molar-refractivity contribution in [2.45, 2.75) is 39.0 Å². The van der Waals surface area contributed by atoms with Crippen molar-refractivity contribution in [1.29, 1.82) is 0 Å². The van der Waals surface area contributed by atoms with Crippen LogP contribution in [0.25, 0.3) is 5.69 Å². The van der Waals surface area contributed by atoms with E-state index in [1.165, 1.54) is 12.1 Å². The van der Waals surface area contributed by atoms with E-state index in [0.29, 0.717) is 23.1 Å². The van der Waals surface area contributed by atoms with Crippen LogP contribution in [0.3, 0.4) is 0 Å². The van der Waals surface area contributed by atoms with Crippen LogP contribution in [-0.2, 0) is 6.18 Å². The van der Waals surface area contributed by atoms with Crippen LogP contribution in [0, 0.1) is 13.8 Å². The minimum absolute atomic E-state index is 0.0942. The molecule has 5 rings (SSSR count). The summed E-state index contributed by atoms with van der Waals surface area (Å²) in [5, 5.41) is 3.92. The summed E-state index contributed by atoms with van der Waals surface area (Å²) in [5.41, 5.74) is 3.29. The van der Waals surface area contributed by atoms with Crippen molar-refractivity contribution in [3.63, 3.8) is 0 Å². The van der Waals surface area contributed by atoms with Crippen molar-refractivity contribution in [1.82, 2.24) is 14.9 Å². The first-order valence-electron chi connectivity index (χ1n) is 12.3. The van der Waals surface area contributed by atoms with Gasteiger partial charge in [-0.15, -0.1) is 0 Å². The van der Waals surface area contributed by atoms with Gasteiger partial charge in [0.25, 0.3) is 0 Å². The Hall–Kier alpha value is -3.85. The van der Waals surface area contributed by atoms with Gasteiger partial charge in [-0.05, 0) is 93.1 Å². The minimum atomic E-state index is -4.48. The molecule has 0 bridgehead atoms. The van der Waals surface area contributed by atoms with Crippen molar-refractivity contribution in [2.75, 3.05) is 11.5 Å². The Bertz CT molecular complexity index is 1450. The van der Waals surface area contributed by atoms with Crippen LogP contribution in [0.2, 0.25) is 0 Å². The average Bonchev–Trinajstić information content (AvgIpc) is 3.39. The summed E-state index contributed by atoms with van der Waals surface area (Å²) in [4.78, 5) is 6.58. The molecular formula is C29H27F3N4OS. The molecule has 5 nitrogen and oxygen atoms in total. The number of pyridine rings is 1.